The first-order valence-electron chi connectivity index (χ1n) is 9.04. The number of aryl methyl sites for hydroxylation is 1. The molecule has 7 nitrogen and oxygen atoms in total. The van der Waals surface area contributed by atoms with E-state index in [0.29, 0.717) is 42.4 Å². The largest absolute Gasteiger partial charge is 0.379 e. The highest BCUT2D eigenvalue weighted by Gasteiger charge is 2.27. The molecule has 0 atom stereocenters. The second-order valence-corrected chi connectivity index (χ2v) is 9.71. The second kappa shape index (κ2) is 7.64. The Kier molecular flexibility index (Phi) is 5.21. The molecule has 0 bridgehead atoms. The van der Waals surface area contributed by atoms with Crippen LogP contribution in [0.5, 0.6) is 0 Å². The molecular formula is C19H19N3O4S2. The maximum absolute atomic E-state index is 12.7. The van der Waals surface area contributed by atoms with Crippen molar-refractivity contribution in [2.75, 3.05) is 31.6 Å². The van der Waals surface area contributed by atoms with Gasteiger partial charge in [-0.3, -0.25) is 4.79 Å². The molecule has 4 rings (SSSR count). The van der Waals surface area contributed by atoms with E-state index in [2.05, 4.69) is 11.4 Å². The van der Waals surface area contributed by atoms with Gasteiger partial charge in [0.05, 0.1) is 23.7 Å². The Bertz CT molecular complexity index is 1050. The molecule has 2 aliphatic rings. The molecule has 1 aromatic carbocycles. The van der Waals surface area contributed by atoms with E-state index in [4.69, 9.17) is 4.74 Å². The van der Waals surface area contributed by atoms with Gasteiger partial charge in [-0.1, -0.05) is 0 Å². The number of benzene rings is 1. The monoisotopic (exact) mass is 417 g/mol. The summed E-state index contributed by atoms with van der Waals surface area (Å²) >= 11 is 1.45. The second-order valence-electron chi connectivity index (χ2n) is 6.67. The summed E-state index contributed by atoms with van der Waals surface area (Å²) in [5.74, 6) is -0.355. The molecule has 1 aliphatic carbocycles. The molecule has 1 aliphatic heterocycles. The van der Waals surface area contributed by atoms with Crippen molar-refractivity contribution in [3.8, 4) is 6.07 Å². The third-order valence-corrected chi connectivity index (χ3v) is 8.10. The van der Waals surface area contributed by atoms with E-state index in [1.807, 2.05) is 0 Å². The number of hydrogen-bond donors (Lipinski definition) is 1. The van der Waals surface area contributed by atoms with Crippen LogP contribution in [-0.2, 0) is 27.6 Å². The Morgan fingerprint density at radius 3 is 2.57 bits per heavy atom. The van der Waals surface area contributed by atoms with Gasteiger partial charge in [-0.05, 0) is 49.1 Å². The lowest BCUT2D eigenvalue weighted by Gasteiger charge is -2.26. The predicted molar refractivity (Wildman–Crippen MR) is 105 cm³/mol. The van der Waals surface area contributed by atoms with Crippen molar-refractivity contribution >= 4 is 32.3 Å². The Hall–Kier alpha value is -2.25. The van der Waals surface area contributed by atoms with Gasteiger partial charge in [0.1, 0.15) is 11.1 Å². The fourth-order valence-corrected chi connectivity index (χ4v) is 6.14. The number of sulfonamides is 1. The van der Waals surface area contributed by atoms with Gasteiger partial charge in [0, 0.05) is 23.5 Å². The molecule has 1 aromatic heterocycles. The summed E-state index contributed by atoms with van der Waals surface area (Å²) in [4.78, 5) is 13.9. The minimum atomic E-state index is -3.59. The van der Waals surface area contributed by atoms with E-state index >= 15 is 0 Å². The minimum Gasteiger partial charge on any atom is -0.379 e. The molecule has 2 aromatic rings. The molecule has 0 saturated carbocycles. The molecule has 0 unspecified atom stereocenters. The molecular weight excluding hydrogens is 398 g/mol. The van der Waals surface area contributed by atoms with Crippen LogP contribution < -0.4 is 5.32 Å². The number of anilines is 1. The smallest absolute Gasteiger partial charge is 0.256 e. The highest BCUT2D eigenvalue weighted by Crippen LogP contribution is 2.38. The van der Waals surface area contributed by atoms with Crippen LogP contribution in [0.15, 0.2) is 29.2 Å². The number of morpholine rings is 1. The topological polar surface area (TPSA) is 99.5 Å². The lowest BCUT2D eigenvalue weighted by atomic mass is 10.1. The van der Waals surface area contributed by atoms with Gasteiger partial charge in [0.15, 0.2) is 0 Å². The molecule has 146 valence electrons. The van der Waals surface area contributed by atoms with E-state index in [0.717, 1.165) is 24.8 Å². The van der Waals surface area contributed by atoms with Crippen LogP contribution in [0.3, 0.4) is 0 Å². The van der Waals surface area contributed by atoms with Crippen LogP contribution in [0.2, 0.25) is 0 Å². The van der Waals surface area contributed by atoms with E-state index in [9.17, 15) is 18.5 Å². The highest BCUT2D eigenvalue weighted by molar-refractivity contribution is 7.89. The minimum absolute atomic E-state index is 0.152. The van der Waals surface area contributed by atoms with Crippen molar-refractivity contribution in [3.63, 3.8) is 0 Å². The summed E-state index contributed by atoms with van der Waals surface area (Å²) in [5.41, 5.74) is 1.95. The number of amides is 1. The van der Waals surface area contributed by atoms with Crippen molar-refractivity contribution in [2.45, 2.75) is 24.2 Å². The van der Waals surface area contributed by atoms with Gasteiger partial charge < -0.3 is 10.1 Å². The summed E-state index contributed by atoms with van der Waals surface area (Å²) in [6.07, 6.45) is 2.86. The van der Waals surface area contributed by atoms with Gasteiger partial charge in [-0.2, -0.15) is 9.57 Å². The van der Waals surface area contributed by atoms with Crippen LogP contribution in [-0.4, -0.2) is 44.9 Å². The fourth-order valence-electron chi connectivity index (χ4n) is 3.50. The van der Waals surface area contributed by atoms with Crippen LogP contribution in [0, 0.1) is 11.3 Å². The van der Waals surface area contributed by atoms with Gasteiger partial charge >= 0.3 is 0 Å². The third-order valence-electron chi connectivity index (χ3n) is 4.98. The molecule has 0 spiro atoms. The molecule has 1 fully saturated rings. The van der Waals surface area contributed by atoms with Crippen LogP contribution in [0.4, 0.5) is 5.00 Å². The molecule has 2 heterocycles. The number of rotatable bonds is 4. The van der Waals surface area contributed by atoms with Crippen molar-refractivity contribution in [3.05, 3.63) is 45.8 Å². The molecule has 28 heavy (non-hydrogen) atoms. The summed E-state index contributed by atoms with van der Waals surface area (Å²) in [7, 11) is -3.59. The third kappa shape index (κ3) is 3.44. The normalized spacial score (nSPS) is 17.1. The van der Waals surface area contributed by atoms with Crippen molar-refractivity contribution in [1.29, 1.82) is 5.26 Å². The number of ether oxygens (including phenoxy) is 1. The zero-order valence-electron chi connectivity index (χ0n) is 15.1. The summed E-state index contributed by atoms with van der Waals surface area (Å²) in [6, 6.07) is 8.08. The van der Waals surface area contributed by atoms with Gasteiger partial charge in [0.25, 0.3) is 5.91 Å². The first-order valence-corrected chi connectivity index (χ1v) is 11.3. The van der Waals surface area contributed by atoms with Crippen molar-refractivity contribution in [2.24, 2.45) is 0 Å². The number of nitrogens with zero attached hydrogens (tertiary/aromatic N) is 2. The van der Waals surface area contributed by atoms with Gasteiger partial charge in [-0.15, -0.1) is 11.3 Å². The van der Waals surface area contributed by atoms with Gasteiger partial charge in [-0.25, -0.2) is 8.42 Å². The number of carbonyl (C=O) groups is 1. The Morgan fingerprint density at radius 1 is 1.18 bits per heavy atom. The van der Waals surface area contributed by atoms with Crippen LogP contribution >= 0.6 is 11.3 Å². The average Bonchev–Trinajstić information content (AvgIpc) is 3.29. The Morgan fingerprint density at radius 2 is 1.89 bits per heavy atom. The maximum atomic E-state index is 12.7. The predicted octanol–water partition coefficient (Wildman–Crippen LogP) is 2.38. The lowest BCUT2D eigenvalue weighted by molar-refractivity contribution is 0.0730. The summed E-state index contributed by atoms with van der Waals surface area (Å²) in [6.45, 7) is 1.41. The summed E-state index contributed by atoms with van der Waals surface area (Å²) < 4.78 is 31.9. The molecule has 0 radical (unpaired) electrons. The average molecular weight is 418 g/mol. The van der Waals surface area contributed by atoms with E-state index in [1.54, 1.807) is 0 Å². The number of fused-ring (bicyclic) bond motifs is 1. The number of carbonyl (C=O) groups excluding carboxylic acids is 1. The van der Waals surface area contributed by atoms with Crippen LogP contribution in [0.1, 0.15) is 32.8 Å². The summed E-state index contributed by atoms with van der Waals surface area (Å²) in [5, 5.41) is 12.8. The zero-order valence-corrected chi connectivity index (χ0v) is 16.7. The van der Waals surface area contributed by atoms with Crippen LogP contribution in [0.25, 0.3) is 0 Å². The zero-order chi connectivity index (χ0) is 19.7. The fraction of sp³-hybridized carbons (Fsp3) is 0.368. The van der Waals surface area contributed by atoms with Gasteiger partial charge in [0.2, 0.25) is 10.0 Å². The number of hydrogen-bond acceptors (Lipinski definition) is 6. The highest BCUT2D eigenvalue weighted by atomic mass is 32.2. The molecule has 9 heteroatoms. The molecule has 1 saturated heterocycles. The first kappa shape index (κ1) is 19.1. The quantitative estimate of drug-likeness (QED) is 0.823. The van der Waals surface area contributed by atoms with Crippen molar-refractivity contribution < 1.29 is 17.9 Å². The van der Waals surface area contributed by atoms with E-state index in [1.165, 1.54) is 44.8 Å². The lowest BCUT2D eigenvalue weighted by Crippen LogP contribution is -2.40. The van der Waals surface area contributed by atoms with E-state index < -0.39 is 10.0 Å². The number of nitriles is 1. The number of thiophene rings is 1. The Balaban J connectivity index is 1.51. The SMILES string of the molecule is N#Cc1c(NC(=O)c2ccc(S(=O)(=O)N3CCOCC3)cc2)sc2c1CCC2. The van der Waals surface area contributed by atoms with E-state index in [-0.39, 0.29) is 10.8 Å². The Labute approximate surface area is 167 Å². The molecule has 1 N–H and O–H groups in total. The van der Waals surface area contributed by atoms with Crippen molar-refractivity contribution in [1.82, 2.24) is 4.31 Å². The molecule has 1 amide bonds. The number of nitrogens with one attached hydrogen (secondary N) is 1. The maximum Gasteiger partial charge on any atom is 0.256 e. The standard InChI is InChI=1S/C19H19N3O4S2/c20-12-16-15-2-1-3-17(15)27-19(16)21-18(23)13-4-6-14(7-5-13)28(24,25)22-8-10-26-11-9-22/h4-7H,1-3,8-11H2,(H,21,23). The first-order chi connectivity index (χ1) is 13.5.